The van der Waals surface area contributed by atoms with Crippen molar-refractivity contribution < 1.29 is 4.74 Å². The van der Waals surface area contributed by atoms with Crippen LogP contribution in [0.5, 0.6) is 5.75 Å². The Bertz CT molecular complexity index is 1100. The summed E-state index contributed by atoms with van der Waals surface area (Å²) >= 11 is 0. The van der Waals surface area contributed by atoms with Crippen molar-refractivity contribution in [3.05, 3.63) is 96.3 Å². The van der Waals surface area contributed by atoms with E-state index >= 15 is 0 Å². The number of aromatic nitrogens is 1. The van der Waals surface area contributed by atoms with Gasteiger partial charge in [-0.05, 0) is 79.9 Å². The highest BCUT2D eigenvalue weighted by molar-refractivity contribution is 5.62. The maximum absolute atomic E-state index is 6.12. The molecule has 3 nitrogen and oxygen atoms in total. The van der Waals surface area contributed by atoms with E-state index in [1.54, 1.807) is 6.20 Å². The van der Waals surface area contributed by atoms with E-state index in [0.29, 0.717) is 6.61 Å². The van der Waals surface area contributed by atoms with Gasteiger partial charge >= 0.3 is 0 Å². The molecule has 0 saturated carbocycles. The van der Waals surface area contributed by atoms with E-state index in [0.717, 1.165) is 42.1 Å². The van der Waals surface area contributed by atoms with Gasteiger partial charge in [0.15, 0.2) is 0 Å². The summed E-state index contributed by atoms with van der Waals surface area (Å²) in [7, 11) is 0. The molecule has 0 radical (unpaired) electrons. The normalized spacial score (nSPS) is 11.4. The van der Waals surface area contributed by atoms with E-state index in [4.69, 9.17) is 4.74 Å². The van der Waals surface area contributed by atoms with Gasteiger partial charge in [-0.3, -0.25) is 9.88 Å². The van der Waals surface area contributed by atoms with Crippen LogP contribution in [0.15, 0.2) is 85.2 Å². The van der Waals surface area contributed by atoms with E-state index in [2.05, 4.69) is 104 Å². The molecule has 0 aliphatic carbocycles. The van der Waals surface area contributed by atoms with E-state index in [1.807, 2.05) is 24.4 Å². The standard InChI is InChI=1S/C30H34N2O/c1-5-32(19-8-6-7-17-30(2,3)4)23-25-12-10-16-29(21-25)33-24-26-13-9-14-27(20-26)28-15-11-18-31-22-28/h6,8-16,18,20-22H,5,19,23-24H2,1-4H3/b8-6+. The Kier molecular flexibility index (Phi) is 8.87. The summed E-state index contributed by atoms with van der Waals surface area (Å²) in [6.07, 6.45) is 7.78. The number of pyridine rings is 1. The van der Waals surface area contributed by atoms with Gasteiger partial charge < -0.3 is 4.74 Å². The third kappa shape index (κ3) is 8.60. The molecule has 0 amide bonds. The summed E-state index contributed by atoms with van der Waals surface area (Å²) in [4.78, 5) is 6.60. The SMILES string of the molecule is CCN(C/C=C/C#CC(C)(C)C)Cc1cccc(OCc2cccc(-c3cccnc3)c2)c1. The molecule has 1 heterocycles. The molecular formula is C30H34N2O. The van der Waals surface area contributed by atoms with Crippen molar-refractivity contribution in [2.75, 3.05) is 13.1 Å². The quantitative estimate of drug-likeness (QED) is 0.345. The number of allylic oxidation sites excluding steroid dienone is 1. The van der Waals surface area contributed by atoms with Crippen molar-refractivity contribution in [1.82, 2.24) is 9.88 Å². The van der Waals surface area contributed by atoms with Gasteiger partial charge in [-0.15, -0.1) is 0 Å². The van der Waals surface area contributed by atoms with Crippen molar-refractivity contribution in [3.8, 4) is 28.7 Å². The smallest absolute Gasteiger partial charge is 0.120 e. The minimum absolute atomic E-state index is 0.0370. The summed E-state index contributed by atoms with van der Waals surface area (Å²) in [6.45, 7) is 11.8. The zero-order valence-corrected chi connectivity index (χ0v) is 20.2. The van der Waals surface area contributed by atoms with Gasteiger partial charge in [-0.25, -0.2) is 0 Å². The van der Waals surface area contributed by atoms with E-state index in [-0.39, 0.29) is 5.41 Å². The molecule has 0 N–H and O–H groups in total. The van der Waals surface area contributed by atoms with E-state index < -0.39 is 0 Å². The van der Waals surface area contributed by atoms with Crippen molar-refractivity contribution >= 4 is 0 Å². The average Bonchev–Trinajstić information content (AvgIpc) is 2.82. The van der Waals surface area contributed by atoms with Gasteiger partial charge in [0.2, 0.25) is 0 Å². The highest BCUT2D eigenvalue weighted by Gasteiger charge is 2.05. The molecule has 1 aromatic heterocycles. The predicted molar refractivity (Wildman–Crippen MR) is 138 cm³/mol. The lowest BCUT2D eigenvalue weighted by Crippen LogP contribution is -2.22. The van der Waals surface area contributed by atoms with Crippen LogP contribution >= 0.6 is 0 Å². The van der Waals surface area contributed by atoms with Crippen LogP contribution in [0.3, 0.4) is 0 Å². The number of rotatable bonds is 9. The summed E-state index contributed by atoms with van der Waals surface area (Å²) in [5, 5.41) is 0. The lowest BCUT2D eigenvalue weighted by molar-refractivity contribution is 0.299. The minimum atomic E-state index is 0.0370. The van der Waals surface area contributed by atoms with Gasteiger partial charge in [0, 0.05) is 30.9 Å². The minimum Gasteiger partial charge on any atom is -0.489 e. The highest BCUT2D eigenvalue weighted by Crippen LogP contribution is 2.21. The molecule has 0 unspecified atom stereocenters. The second-order valence-electron chi connectivity index (χ2n) is 9.13. The molecule has 33 heavy (non-hydrogen) atoms. The number of hydrogen-bond donors (Lipinski definition) is 0. The summed E-state index contributed by atoms with van der Waals surface area (Å²) in [5.41, 5.74) is 4.68. The van der Waals surface area contributed by atoms with Crippen LogP contribution in [0, 0.1) is 17.3 Å². The summed E-state index contributed by atoms with van der Waals surface area (Å²) in [6, 6.07) is 20.8. The van der Waals surface area contributed by atoms with Crippen LogP contribution in [0.1, 0.15) is 38.8 Å². The molecule has 0 atom stereocenters. The van der Waals surface area contributed by atoms with Gasteiger partial charge in [0.25, 0.3) is 0 Å². The summed E-state index contributed by atoms with van der Waals surface area (Å²) < 4.78 is 6.12. The van der Waals surface area contributed by atoms with Crippen LogP contribution in [-0.4, -0.2) is 23.0 Å². The van der Waals surface area contributed by atoms with Crippen LogP contribution in [0.2, 0.25) is 0 Å². The topological polar surface area (TPSA) is 25.4 Å². The Morgan fingerprint density at radius 1 is 0.970 bits per heavy atom. The molecule has 0 aliphatic rings. The van der Waals surface area contributed by atoms with E-state index in [9.17, 15) is 0 Å². The fourth-order valence-electron chi connectivity index (χ4n) is 3.36. The molecule has 3 aromatic rings. The lowest BCUT2D eigenvalue weighted by atomic mass is 9.98. The average molecular weight is 439 g/mol. The second-order valence-corrected chi connectivity index (χ2v) is 9.13. The highest BCUT2D eigenvalue weighted by atomic mass is 16.5. The fourth-order valence-corrected chi connectivity index (χ4v) is 3.36. The molecule has 0 saturated heterocycles. The number of hydrogen-bond acceptors (Lipinski definition) is 3. The first-order valence-electron chi connectivity index (χ1n) is 11.5. The van der Waals surface area contributed by atoms with Crippen LogP contribution in [-0.2, 0) is 13.2 Å². The van der Waals surface area contributed by atoms with Crippen LogP contribution in [0.4, 0.5) is 0 Å². The maximum atomic E-state index is 6.12. The van der Waals surface area contributed by atoms with Crippen LogP contribution in [0.25, 0.3) is 11.1 Å². The Morgan fingerprint density at radius 3 is 2.52 bits per heavy atom. The number of ether oxygens (including phenoxy) is 1. The molecule has 2 aromatic carbocycles. The van der Waals surface area contributed by atoms with Gasteiger partial charge in [-0.1, -0.05) is 61.2 Å². The molecule has 0 spiro atoms. The van der Waals surface area contributed by atoms with Crippen molar-refractivity contribution in [2.45, 2.75) is 40.8 Å². The number of likely N-dealkylation sites (N-methyl/N-ethyl adjacent to an activating group) is 1. The molecule has 0 aliphatic heterocycles. The zero-order chi connectivity index (χ0) is 23.5. The molecule has 0 bridgehead atoms. The monoisotopic (exact) mass is 438 g/mol. The first-order chi connectivity index (χ1) is 15.9. The molecular weight excluding hydrogens is 404 g/mol. The van der Waals surface area contributed by atoms with E-state index in [1.165, 1.54) is 5.56 Å². The largest absolute Gasteiger partial charge is 0.489 e. The van der Waals surface area contributed by atoms with Gasteiger partial charge in [0.1, 0.15) is 12.4 Å². The third-order valence-corrected chi connectivity index (χ3v) is 5.09. The predicted octanol–water partition coefficient (Wildman–Crippen LogP) is 6.76. The second kappa shape index (κ2) is 12.0. The Hall–Kier alpha value is -3.35. The first kappa shape index (κ1) is 24.3. The lowest BCUT2D eigenvalue weighted by Gasteiger charge is -2.19. The van der Waals surface area contributed by atoms with Gasteiger partial charge in [-0.2, -0.15) is 0 Å². The Balaban J connectivity index is 1.57. The number of benzene rings is 2. The van der Waals surface area contributed by atoms with Crippen molar-refractivity contribution in [2.24, 2.45) is 5.41 Å². The van der Waals surface area contributed by atoms with Crippen molar-refractivity contribution in [3.63, 3.8) is 0 Å². The van der Waals surface area contributed by atoms with Crippen LogP contribution < -0.4 is 4.74 Å². The molecule has 3 rings (SSSR count). The Morgan fingerprint density at radius 2 is 1.76 bits per heavy atom. The van der Waals surface area contributed by atoms with Gasteiger partial charge in [0.05, 0.1) is 0 Å². The van der Waals surface area contributed by atoms with Crippen molar-refractivity contribution in [1.29, 1.82) is 0 Å². The molecule has 170 valence electrons. The number of nitrogens with zero attached hydrogens (tertiary/aromatic N) is 2. The zero-order valence-electron chi connectivity index (χ0n) is 20.2. The summed E-state index contributed by atoms with van der Waals surface area (Å²) in [5.74, 6) is 7.27. The Labute approximate surface area is 199 Å². The third-order valence-electron chi connectivity index (χ3n) is 5.09. The first-order valence-corrected chi connectivity index (χ1v) is 11.5. The molecule has 3 heteroatoms. The maximum Gasteiger partial charge on any atom is 0.120 e. The molecule has 0 fully saturated rings. The fraction of sp³-hybridized carbons (Fsp3) is 0.300.